The molecule has 4 aromatic rings. The van der Waals surface area contributed by atoms with E-state index in [1.165, 1.54) is 18.3 Å². The van der Waals surface area contributed by atoms with Gasteiger partial charge in [-0.3, -0.25) is 9.59 Å². The summed E-state index contributed by atoms with van der Waals surface area (Å²) in [5.74, 6) is -1.62. The predicted octanol–water partition coefficient (Wildman–Crippen LogP) is 1.83. The molecule has 0 atom stereocenters. The van der Waals surface area contributed by atoms with Gasteiger partial charge >= 0.3 is 17.6 Å². The first-order valence-corrected chi connectivity index (χ1v) is 9.39. The Bertz CT molecular complexity index is 1560. The van der Waals surface area contributed by atoms with Gasteiger partial charge in [0.05, 0.1) is 29.5 Å². The third kappa shape index (κ3) is 3.18. The van der Waals surface area contributed by atoms with Crippen molar-refractivity contribution in [3.05, 3.63) is 66.5 Å². The molecule has 0 saturated heterocycles. The minimum atomic E-state index is -0.854. The molecule has 0 spiro atoms. The van der Waals surface area contributed by atoms with E-state index in [4.69, 9.17) is 13.9 Å². The first-order chi connectivity index (χ1) is 14.9. The summed E-state index contributed by atoms with van der Waals surface area (Å²) in [7, 11) is 0. The quantitative estimate of drug-likeness (QED) is 0.218. The summed E-state index contributed by atoms with van der Waals surface area (Å²) in [6.07, 6.45) is 2.31. The van der Waals surface area contributed by atoms with E-state index in [-0.39, 0.29) is 51.6 Å². The first kappa shape index (κ1) is 20.1. The van der Waals surface area contributed by atoms with E-state index in [1.54, 1.807) is 13.8 Å². The van der Waals surface area contributed by atoms with Crippen molar-refractivity contribution in [3.63, 3.8) is 0 Å². The van der Waals surface area contributed by atoms with Gasteiger partial charge in [0.1, 0.15) is 22.2 Å². The van der Waals surface area contributed by atoms with Crippen molar-refractivity contribution in [2.45, 2.75) is 13.8 Å². The van der Waals surface area contributed by atoms with Crippen LogP contribution in [0.4, 0.5) is 0 Å². The second-order valence-electron chi connectivity index (χ2n) is 6.54. The van der Waals surface area contributed by atoms with E-state index < -0.39 is 28.4 Å². The maximum atomic E-state index is 13.0. The Kier molecular flexibility index (Phi) is 4.90. The lowest BCUT2D eigenvalue weighted by Gasteiger charge is -2.07. The number of rotatable bonds is 4. The third-order valence-electron chi connectivity index (χ3n) is 4.73. The van der Waals surface area contributed by atoms with Crippen molar-refractivity contribution in [1.82, 2.24) is 9.97 Å². The van der Waals surface area contributed by atoms with Crippen LogP contribution in [0.3, 0.4) is 0 Å². The summed E-state index contributed by atoms with van der Waals surface area (Å²) < 4.78 is 15.0. The Hall–Kier alpha value is -4.21. The molecular weight excluding hydrogens is 408 g/mol. The Balaban J connectivity index is 2.08. The minimum Gasteiger partial charge on any atom is -0.462 e. The highest BCUT2D eigenvalue weighted by atomic mass is 16.5. The zero-order valence-corrected chi connectivity index (χ0v) is 16.5. The third-order valence-corrected chi connectivity index (χ3v) is 4.73. The van der Waals surface area contributed by atoms with Crippen LogP contribution >= 0.6 is 0 Å². The van der Waals surface area contributed by atoms with E-state index in [9.17, 15) is 24.0 Å². The first-order valence-electron chi connectivity index (χ1n) is 9.39. The molecule has 31 heavy (non-hydrogen) atoms. The number of aromatic amines is 2. The largest absolute Gasteiger partial charge is 0.462 e. The molecular formula is C21H16N2O8. The molecule has 3 aromatic heterocycles. The van der Waals surface area contributed by atoms with Crippen molar-refractivity contribution in [2.75, 3.05) is 13.2 Å². The Morgan fingerprint density at radius 2 is 1.48 bits per heavy atom. The molecule has 0 aliphatic carbocycles. The van der Waals surface area contributed by atoms with Crippen LogP contribution in [0.15, 0.2) is 43.3 Å². The molecule has 158 valence electrons. The smallest absolute Gasteiger partial charge is 0.360 e. The lowest BCUT2D eigenvalue weighted by atomic mass is 10.0. The lowest BCUT2D eigenvalue weighted by Crippen LogP contribution is -2.21. The van der Waals surface area contributed by atoms with Crippen LogP contribution in [0, 0.1) is 0 Å². The second-order valence-corrected chi connectivity index (χ2v) is 6.54. The molecule has 1 aromatic carbocycles. The van der Waals surface area contributed by atoms with Gasteiger partial charge in [0.25, 0.3) is 0 Å². The number of esters is 2. The average Bonchev–Trinajstić information content (AvgIpc) is 2.74. The van der Waals surface area contributed by atoms with E-state index >= 15 is 0 Å². The summed E-state index contributed by atoms with van der Waals surface area (Å²) in [6.45, 7) is 3.38. The number of hydrogen-bond donors (Lipinski definition) is 2. The van der Waals surface area contributed by atoms with Crippen molar-refractivity contribution in [3.8, 4) is 0 Å². The van der Waals surface area contributed by atoms with Gasteiger partial charge in [0.2, 0.25) is 10.9 Å². The van der Waals surface area contributed by atoms with Gasteiger partial charge in [0.15, 0.2) is 0 Å². The van der Waals surface area contributed by atoms with Gasteiger partial charge in [-0.15, -0.1) is 0 Å². The number of aromatic nitrogens is 2. The number of hydrogen-bond acceptors (Lipinski definition) is 8. The van der Waals surface area contributed by atoms with Crippen LogP contribution in [0.2, 0.25) is 0 Å². The number of nitrogens with one attached hydrogen (secondary N) is 2. The van der Waals surface area contributed by atoms with Crippen molar-refractivity contribution in [2.24, 2.45) is 0 Å². The Morgan fingerprint density at radius 1 is 0.871 bits per heavy atom. The maximum Gasteiger partial charge on any atom is 0.360 e. The summed E-state index contributed by atoms with van der Waals surface area (Å²) in [6, 6.07) is 2.71. The highest BCUT2D eigenvalue weighted by Crippen LogP contribution is 2.24. The zero-order chi connectivity index (χ0) is 22.3. The van der Waals surface area contributed by atoms with Crippen LogP contribution in [0.25, 0.3) is 32.8 Å². The second kappa shape index (κ2) is 7.56. The summed E-state index contributed by atoms with van der Waals surface area (Å²) in [5, 5.41) is 0.196. The standard InChI is InChI=1S/C21H16N2O8/c1-3-29-19(26)11-7-22-13-5-10-14(6-9(13)17(11)24)31-21(28)16-15(10)18(25)12(8-23-16)20(27)30-4-2/h5-8H,3-4H2,1-2H3,(H,22,24)(H,23,25). The molecule has 10 nitrogen and oxygen atoms in total. The molecule has 0 aliphatic rings. The van der Waals surface area contributed by atoms with Gasteiger partial charge in [-0.05, 0) is 26.0 Å². The van der Waals surface area contributed by atoms with Gasteiger partial charge < -0.3 is 23.9 Å². The molecule has 0 bridgehead atoms. The SMILES string of the molecule is CCOC(=O)c1c[nH]c2cc3c(cc2c1=O)oc(=O)c1[nH]cc(C(=O)OCC)c(=O)c13. The number of pyridine rings is 2. The van der Waals surface area contributed by atoms with Crippen molar-refractivity contribution >= 4 is 44.7 Å². The molecule has 3 heterocycles. The number of fused-ring (bicyclic) bond motifs is 4. The Morgan fingerprint density at radius 3 is 2.13 bits per heavy atom. The molecule has 4 rings (SSSR count). The lowest BCUT2D eigenvalue weighted by molar-refractivity contribution is 0.0515. The van der Waals surface area contributed by atoms with Gasteiger partial charge in [-0.2, -0.15) is 0 Å². The Labute approximate surface area is 172 Å². The number of ether oxygens (including phenoxy) is 2. The fourth-order valence-corrected chi connectivity index (χ4v) is 3.35. The molecule has 2 N–H and O–H groups in total. The molecule has 0 unspecified atom stereocenters. The molecule has 0 aliphatic heterocycles. The van der Waals surface area contributed by atoms with E-state index in [0.717, 1.165) is 6.20 Å². The highest BCUT2D eigenvalue weighted by molar-refractivity contribution is 6.09. The highest BCUT2D eigenvalue weighted by Gasteiger charge is 2.20. The fraction of sp³-hybridized carbons (Fsp3) is 0.190. The van der Waals surface area contributed by atoms with Crippen LogP contribution in [0.1, 0.15) is 34.6 Å². The number of benzene rings is 1. The average molecular weight is 424 g/mol. The van der Waals surface area contributed by atoms with Gasteiger partial charge in [-0.25, -0.2) is 14.4 Å². The van der Waals surface area contributed by atoms with Crippen molar-refractivity contribution < 1.29 is 23.5 Å². The van der Waals surface area contributed by atoms with Gasteiger partial charge in [0, 0.05) is 17.8 Å². The molecule has 10 heteroatoms. The normalized spacial score (nSPS) is 11.2. The van der Waals surface area contributed by atoms with Crippen LogP contribution < -0.4 is 16.5 Å². The summed E-state index contributed by atoms with van der Waals surface area (Å²) >= 11 is 0. The topological polar surface area (TPSA) is 149 Å². The maximum absolute atomic E-state index is 13.0. The molecule has 0 radical (unpaired) electrons. The van der Waals surface area contributed by atoms with Crippen LogP contribution in [-0.2, 0) is 9.47 Å². The number of carbonyl (C=O) groups excluding carboxylic acids is 2. The van der Waals surface area contributed by atoms with Crippen LogP contribution in [0.5, 0.6) is 0 Å². The zero-order valence-electron chi connectivity index (χ0n) is 16.5. The molecule has 0 amide bonds. The molecule has 0 saturated carbocycles. The van der Waals surface area contributed by atoms with Crippen LogP contribution in [-0.4, -0.2) is 35.1 Å². The van der Waals surface area contributed by atoms with Gasteiger partial charge in [-0.1, -0.05) is 0 Å². The predicted molar refractivity (Wildman–Crippen MR) is 111 cm³/mol. The van der Waals surface area contributed by atoms with E-state index in [2.05, 4.69) is 9.97 Å². The fourth-order valence-electron chi connectivity index (χ4n) is 3.35. The van der Waals surface area contributed by atoms with E-state index in [0.29, 0.717) is 5.52 Å². The van der Waals surface area contributed by atoms with E-state index in [1.807, 2.05) is 0 Å². The molecule has 0 fully saturated rings. The monoisotopic (exact) mass is 424 g/mol. The summed E-state index contributed by atoms with van der Waals surface area (Å²) in [5.41, 5.74) is -2.56. The summed E-state index contributed by atoms with van der Waals surface area (Å²) in [4.78, 5) is 67.7. The number of H-pyrrole nitrogens is 2. The minimum absolute atomic E-state index is 0.0528. The van der Waals surface area contributed by atoms with Crippen molar-refractivity contribution in [1.29, 1.82) is 0 Å². The number of carbonyl (C=O) groups is 2.